The van der Waals surface area contributed by atoms with E-state index in [-0.39, 0.29) is 12.8 Å². The van der Waals surface area contributed by atoms with Crippen LogP contribution < -0.4 is 16.0 Å². The molecule has 1 atom stereocenters. The van der Waals surface area contributed by atoms with Crippen LogP contribution in [0.25, 0.3) is 0 Å². The predicted molar refractivity (Wildman–Crippen MR) is 134 cm³/mol. The number of nitrogens with one attached hydrogen (secondary N) is 1. The average Bonchev–Trinajstić information content (AvgIpc) is 3.20. The van der Waals surface area contributed by atoms with Gasteiger partial charge in [0.1, 0.15) is 5.16 Å². The smallest absolute Gasteiger partial charge is 0.315 e. The summed E-state index contributed by atoms with van der Waals surface area (Å²) in [6.45, 7) is 1.14. The molecule has 10 heteroatoms. The van der Waals surface area contributed by atoms with Crippen LogP contribution in [0.3, 0.4) is 0 Å². The van der Waals surface area contributed by atoms with Gasteiger partial charge in [0.15, 0.2) is 12.1 Å². The molecule has 0 bridgehead atoms. The molecule has 4 rings (SSSR count). The third-order valence-electron chi connectivity index (χ3n) is 5.40. The molecule has 0 aliphatic carbocycles. The maximum absolute atomic E-state index is 12.2. The van der Waals surface area contributed by atoms with Crippen molar-refractivity contribution >= 4 is 52.4 Å². The number of urea groups is 1. The van der Waals surface area contributed by atoms with Crippen LogP contribution in [0.2, 0.25) is 10.0 Å². The van der Waals surface area contributed by atoms with Crippen LogP contribution >= 0.6 is 34.8 Å². The molecule has 2 aromatic rings. The number of anilines is 1. The highest BCUT2D eigenvalue weighted by Gasteiger charge is 2.31. The number of amides is 2. The highest BCUT2D eigenvalue weighted by atomic mass is 35.5. The molecule has 2 amide bonds. The molecular formula is C23H23Cl3N6O. The topological polar surface area (TPSA) is 77.2 Å². The summed E-state index contributed by atoms with van der Waals surface area (Å²) in [7, 11) is 1.87. The van der Waals surface area contributed by atoms with Gasteiger partial charge in [-0.25, -0.2) is 9.79 Å². The number of nitrogens with zero attached hydrogens (tertiary/aromatic N) is 4. The Balaban J connectivity index is 1.55. The van der Waals surface area contributed by atoms with Crippen LogP contribution in [0.4, 0.5) is 10.5 Å². The van der Waals surface area contributed by atoms with Crippen molar-refractivity contribution < 1.29 is 4.79 Å². The number of likely N-dealkylation sites (N-methyl/N-ethyl adjacent to an activating group) is 1. The number of para-hydroxylation sites is 1. The van der Waals surface area contributed by atoms with E-state index in [0.717, 1.165) is 22.8 Å². The number of nitrogens with two attached hydrogens (primary N) is 1. The molecule has 33 heavy (non-hydrogen) atoms. The molecule has 0 fully saturated rings. The first-order valence-electron chi connectivity index (χ1n) is 10.3. The lowest BCUT2D eigenvalue weighted by Crippen LogP contribution is -2.47. The molecule has 0 radical (unpaired) electrons. The number of rotatable bonds is 7. The van der Waals surface area contributed by atoms with E-state index in [1.54, 1.807) is 23.1 Å². The zero-order valence-electron chi connectivity index (χ0n) is 17.9. The number of hydrogen-bond acceptors (Lipinski definition) is 5. The second-order valence-corrected chi connectivity index (χ2v) is 8.93. The molecule has 0 spiro atoms. The van der Waals surface area contributed by atoms with Crippen LogP contribution in [0.5, 0.6) is 0 Å². The van der Waals surface area contributed by atoms with Gasteiger partial charge in [0.25, 0.3) is 0 Å². The van der Waals surface area contributed by atoms with E-state index in [1.165, 1.54) is 0 Å². The lowest BCUT2D eigenvalue weighted by molar-refractivity contribution is 0.205. The third-order valence-corrected chi connectivity index (χ3v) is 6.21. The number of benzene rings is 2. The number of hydrogen-bond donors (Lipinski definition) is 2. The van der Waals surface area contributed by atoms with Gasteiger partial charge < -0.3 is 25.8 Å². The molecule has 172 valence electrons. The molecule has 2 aliphatic rings. The Kier molecular flexibility index (Phi) is 7.02. The summed E-state index contributed by atoms with van der Waals surface area (Å²) in [4.78, 5) is 22.5. The highest BCUT2D eigenvalue weighted by molar-refractivity contribution is 6.34. The Morgan fingerprint density at radius 1 is 1.09 bits per heavy atom. The molecule has 2 heterocycles. The van der Waals surface area contributed by atoms with Crippen LogP contribution in [0.1, 0.15) is 5.56 Å². The normalized spacial score (nSPS) is 16.9. The van der Waals surface area contributed by atoms with E-state index in [9.17, 15) is 4.79 Å². The Hall–Kier alpha value is -2.87. The summed E-state index contributed by atoms with van der Waals surface area (Å²) in [5, 5.41) is 5.03. The standard InChI is InChI=1S/C23H23Cl3N6O/c1-30-20(26)8-7-19-21(30)29-23(28-19)32(18-5-3-2-4-6-18)10-9-31(22(27)33)14-15-11-16(24)13-17(25)12-15/h2-8,11-13,23,28H,9-10,14H2,1H3,(H2,27,33). The summed E-state index contributed by atoms with van der Waals surface area (Å²) in [6, 6.07) is 14.5. The second-order valence-electron chi connectivity index (χ2n) is 7.67. The van der Waals surface area contributed by atoms with Gasteiger partial charge in [-0.05, 0) is 48.0 Å². The fraction of sp³-hybridized carbons (Fsp3) is 0.217. The molecule has 7 nitrogen and oxygen atoms in total. The first-order chi connectivity index (χ1) is 15.8. The van der Waals surface area contributed by atoms with Gasteiger partial charge in [0.05, 0.1) is 5.70 Å². The van der Waals surface area contributed by atoms with Crippen molar-refractivity contribution in [3.8, 4) is 0 Å². The van der Waals surface area contributed by atoms with Crippen molar-refractivity contribution in [3.63, 3.8) is 0 Å². The van der Waals surface area contributed by atoms with E-state index >= 15 is 0 Å². The van der Waals surface area contributed by atoms with Gasteiger partial charge in [0.2, 0.25) is 0 Å². The Morgan fingerprint density at radius 3 is 2.45 bits per heavy atom. The number of primary amides is 1. The summed E-state index contributed by atoms with van der Waals surface area (Å²) in [6.07, 6.45) is 3.36. The van der Waals surface area contributed by atoms with Gasteiger partial charge >= 0.3 is 6.03 Å². The van der Waals surface area contributed by atoms with Gasteiger partial charge in [0, 0.05) is 42.4 Å². The highest BCUT2D eigenvalue weighted by Crippen LogP contribution is 2.26. The SMILES string of the molecule is CN1C(Cl)=CC=C2NC(N(CCN(Cc3cc(Cl)cc(Cl)c3)C(N)=O)c3ccccc3)N=C21. The van der Waals surface area contributed by atoms with E-state index in [0.29, 0.717) is 28.3 Å². The molecule has 0 saturated carbocycles. The average molecular weight is 506 g/mol. The van der Waals surface area contributed by atoms with Crippen LogP contribution in [-0.4, -0.2) is 48.1 Å². The van der Waals surface area contributed by atoms with Crippen molar-refractivity contribution in [2.24, 2.45) is 10.7 Å². The summed E-state index contributed by atoms with van der Waals surface area (Å²) < 4.78 is 0. The fourth-order valence-electron chi connectivity index (χ4n) is 3.75. The minimum atomic E-state index is -0.531. The second kappa shape index (κ2) is 9.95. The van der Waals surface area contributed by atoms with Gasteiger partial charge in [-0.15, -0.1) is 0 Å². The summed E-state index contributed by atoms with van der Waals surface area (Å²) >= 11 is 18.5. The molecule has 1 unspecified atom stereocenters. The number of halogens is 3. The van der Waals surface area contributed by atoms with Gasteiger partial charge in [-0.1, -0.05) is 53.0 Å². The maximum Gasteiger partial charge on any atom is 0.315 e. The number of carbonyl (C=O) groups excluding carboxylic acids is 1. The number of allylic oxidation sites excluding steroid dienone is 2. The van der Waals surface area contributed by atoms with E-state index < -0.39 is 6.03 Å². The molecule has 2 aliphatic heterocycles. The van der Waals surface area contributed by atoms with E-state index in [1.807, 2.05) is 54.4 Å². The lowest BCUT2D eigenvalue weighted by atomic mass is 10.2. The van der Waals surface area contributed by atoms with Crippen LogP contribution in [0.15, 0.2) is 76.5 Å². The number of carbonyl (C=O) groups is 1. The fourth-order valence-corrected chi connectivity index (χ4v) is 4.47. The third kappa shape index (κ3) is 5.38. The number of amidine groups is 1. The van der Waals surface area contributed by atoms with Crippen molar-refractivity contribution in [1.29, 1.82) is 0 Å². The Bertz CT molecular complexity index is 1110. The zero-order chi connectivity index (χ0) is 23.5. The van der Waals surface area contributed by atoms with Gasteiger partial charge in [-0.3, -0.25) is 0 Å². The predicted octanol–water partition coefficient (Wildman–Crippen LogP) is 4.58. The molecule has 0 aromatic heterocycles. The molecular weight excluding hydrogens is 483 g/mol. The zero-order valence-corrected chi connectivity index (χ0v) is 20.1. The maximum atomic E-state index is 12.2. The number of aliphatic imine (C=N–C) groups is 1. The minimum absolute atomic E-state index is 0.290. The quantitative estimate of drug-likeness (QED) is 0.540. The lowest BCUT2D eigenvalue weighted by Gasteiger charge is -2.32. The summed E-state index contributed by atoms with van der Waals surface area (Å²) in [5.41, 5.74) is 8.33. The van der Waals surface area contributed by atoms with Gasteiger partial charge in [-0.2, -0.15) is 0 Å². The van der Waals surface area contributed by atoms with Crippen molar-refractivity contribution in [1.82, 2.24) is 15.1 Å². The Morgan fingerprint density at radius 2 is 1.79 bits per heavy atom. The first-order valence-corrected chi connectivity index (χ1v) is 11.4. The molecule has 2 aromatic carbocycles. The number of fused-ring (bicyclic) bond motifs is 1. The molecule has 3 N–H and O–H groups in total. The monoisotopic (exact) mass is 504 g/mol. The van der Waals surface area contributed by atoms with Crippen molar-refractivity contribution in [2.75, 3.05) is 25.0 Å². The Labute approximate surface area is 207 Å². The summed E-state index contributed by atoms with van der Waals surface area (Å²) in [5.74, 6) is 0.758. The van der Waals surface area contributed by atoms with Crippen LogP contribution in [0, 0.1) is 0 Å². The molecule has 0 saturated heterocycles. The first kappa shape index (κ1) is 23.3. The van der Waals surface area contributed by atoms with Crippen molar-refractivity contribution in [3.05, 3.63) is 87.1 Å². The minimum Gasteiger partial charge on any atom is -0.351 e. The van der Waals surface area contributed by atoms with Crippen molar-refractivity contribution in [2.45, 2.75) is 12.8 Å². The van der Waals surface area contributed by atoms with Crippen LogP contribution in [-0.2, 0) is 6.54 Å². The van der Waals surface area contributed by atoms with E-state index in [2.05, 4.69) is 10.2 Å². The van der Waals surface area contributed by atoms with E-state index in [4.69, 9.17) is 45.5 Å². The largest absolute Gasteiger partial charge is 0.351 e.